The Hall–Kier alpha value is -0.105. The molecule has 110 valence electrons. The van der Waals surface area contributed by atoms with E-state index < -0.39 is 0 Å². The zero-order valence-corrected chi connectivity index (χ0v) is 15.2. The average Bonchev–Trinajstić information content (AvgIpc) is 2.10. The summed E-state index contributed by atoms with van der Waals surface area (Å²) in [6, 6.07) is 0. The molecule has 0 saturated carbocycles. The van der Waals surface area contributed by atoms with Gasteiger partial charge in [0.1, 0.15) is 7.85 Å². The van der Waals surface area contributed by atoms with Crippen LogP contribution >= 0.6 is 11.8 Å². The van der Waals surface area contributed by atoms with Crippen molar-refractivity contribution in [3.8, 4) is 0 Å². The Bertz CT molecular complexity index is 304. The second kappa shape index (κ2) is 7.62. The topological polar surface area (TPSA) is 0 Å². The molecule has 0 amide bonds. The first-order valence-corrected chi connectivity index (χ1v) is 8.26. The summed E-state index contributed by atoms with van der Waals surface area (Å²) < 4.78 is 0.269. The summed E-state index contributed by atoms with van der Waals surface area (Å²) in [6.07, 6.45) is 4.73. The molecule has 0 N–H and O–H groups in total. The summed E-state index contributed by atoms with van der Waals surface area (Å²) in [5, 5.41) is 0. The van der Waals surface area contributed by atoms with Gasteiger partial charge in [0.25, 0.3) is 0 Å². The zero-order chi connectivity index (χ0) is 15.3. The molecule has 2 heteroatoms. The Morgan fingerprint density at radius 3 is 2.11 bits per heavy atom. The summed E-state index contributed by atoms with van der Waals surface area (Å²) in [5.41, 5.74) is 0.401. The lowest BCUT2D eigenvalue weighted by molar-refractivity contribution is 0.265. The van der Waals surface area contributed by atoms with Crippen LogP contribution in [0.1, 0.15) is 61.3 Å². The van der Waals surface area contributed by atoms with Crippen molar-refractivity contribution >= 4 is 19.6 Å². The number of thioether (sulfide) groups is 1. The summed E-state index contributed by atoms with van der Waals surface area (Å²) in [7, 11) is 2.12. The van der Waals surface area contributed by atoms with Gasteiger partial charge in [0.15, 0.2) is 0 Å². The minimum absolute atomic E-state index is 0.269. The van der Waals surface area contributed by atoms with E-state index in [2.05, 4.69) is 74.9 Å². The molecule has 0 saturated heterocycles. The number of hydrogen-bond acceptors (Lipinski definition) is 1. The fourth-order valence-electron chi connectivity index (χ4n) is 2.56. The summed E-state index contributed by atoms with van der Waals surface area (Å²) in [4.78, 5) is 1.32. The predicted molar refractivity (Wildman–Crippen MR) is 95.5 cm³/mol. The van der Waals surface area contributed by atoms with Gasteiger partial charge < -0.3 is 0 Å². The van der Waals surface area contributed by atoms with E-state index in [-0.39, 0.29) is 4.75 Å². The van der Waals surface area contributed by atoms with Gasteiger partial charge in [-0.3, -0.25) is 0 Å². The smallest absolute Gasteiger partial charge is 0.127 e. The van der Waals surface area contributed by atoms with Crippen molar-refractivity contribution in [2.24, 2.45) is 17.3 Å². The Balaban J connectivity index is 4.62. The molecule has 0 fully saturated rings. The molecule has 2 unspecified atom stereocenters. The molecule has 0 radical (unpaired) electrons. The maximum absolute atomic E-state index is 4.27. The Morgan fingerprint density at radius 1 is 1.21 bits per heavy atom. The van der Waals surface area contributed by atoms with Crippen molar-refractivity contribution in [3.63, 3.8) is 0 Å². The van der Waals surface area contributed by atoms with Gasteiger partial charge in [-0.25, -0.2) is 0 Å². The Kier molecular flexibility index (Phi) is 7.58. The third kappa shape index (κ3) is 10.4. The Labute approximate surface area is 126 Å². The van der Waals surface area contributed by atoms with E-state index in [1.165, 1.54) is 11.3 Å². The summed E-state index contributed by atoms with van der Waals surface area (Å²) in [6.45, 7) is 20.4. The highest BCUT2D eigenvalue weighted by Crippen LogP contribution is 2.38. The lowest BCUT2D eigenvalue weighted by atomic mass is 9.78. The van der Waals surface area contributed by atoms with Crippen molar-refractivity contribution < 1.29 is 0 Å². The van der Waals surface area contributed by atoms with Crippen LogP contribution in [0.2, 0.25) is 0 Å². The van der Waals surface area contributed by atoms with E-state index in [4.69, 9.17) is 0 Å². The molecule has 0 aromatic carbocycles. The van der Waals surface area contributed by atoms with Crippen molar-refractivity contribution in [2.75, 3.05) is 0 Å². The minimum Gasteiger partial charge on any atom is -0.127 e. The van der Waals surface area contributed by atoms with E-state index in [0.717, 1.165) is 6.42 Å². The van der Waals surface area contributed by atoms with Crippen LogP contribution in [0.4, 0.5) is 0 Å². The van der Waals surface area contributed by atoms with Crippen LogP contribution < -0.4 is 0 Å². The first-order chi connectivity index (χ1) is 8.44. The fourth-order valence-corrected chi connectivity index (χ4v) is 3.70. The van der Waals surface area contributed by atoms with Gasteiger partial charge >= 0.3 is 0 Å². The van der Waals surface area contributed by atoms with Gasteiger partial charge in [-0.2, -0.15) is 0 Å². The number of allylic oxidation sites excluding steroid dienone is 2. The second-order valence-electron chi connectivity index (χ2n) is 7.89. The van der Waals surface area contributed by atoms with E-state index in [9.17, 15) is 0 Å². The third-order valence-electron chi connectivity index (χ3n) is 3.02. The Morgan fingerprint density at radius 2 is 1.74 bits per heavy atom. The quantitative estimate of drug-likeness (QED) is 0.598. The van der Waals surface area contributed by atoms with Crippen LogP contribution in [-0.2, 0) is 0 Å². The maximum atomic E-state index is 4.27. The molecule has 0 rings (SSSR count). The molecule has 0 aromatic rings. The van der Waals surface area contributed by atoms with Crippen LogP contribution in [0.15, 0.2) is 23.5 Å². The van der Waals surface area contributed by atoms with Gasteiger partial charge in [-0.05, 0) is 35.0 Å². The van der Waals surface area contributed by atoms with Crippen LogP contribution in [0.5, 0.6) is 0 Å². The first kappa shape index (κ1) is 18.9. The standard InChI is InChI=1S/C17H33BS/c1-13(12-16(3,4)5)15(9-10-18)11-14(2)19-17(6,7)8/h9-10,13,15H,2,11-12,18H2,1,3-8H3/b10-9-. The maximum Gasteiger partial charge on any atom is 0.129 e. The molecule has 2 atom stereocenters. The van der Waals surface area contributed by atoms with Crippen molar-refractivity contribution in [2.45, 2.75) is 66.1 Å². The summed E-state index contributed by atoms with van der Waals surface area (Å²) in [5.74, 6) is 3.51. The molecule has 0 aromatic heterocycles. The molecule has 0 nitrogen and oxygen atoms in total. The zero-order valence-electron chi connectivity index (χ0n) is 14.3. The van der Waals surface area contributed by atoms with Crippen molar-refractivity contribution in [1.29, 1.82) is 0 Å². The van der Waals surface area contributed by atoms with Crippen LogP contribution in [0.25, 0.3) is 0 Å². The van der Waals surface area contributed by atoms with Crippen molar-refractivity contribution in [1.82, 2.24) is 0 Å². The molecule has 0 aliphatic carbocycles. The largest absolute Gasteiger partial charge is 0.129 e. The monoisotopic (exact) mass is 280 g/mol. The third-order valence-corrected chi connectivity index (χ3v) is 4.09. The molecule has 0 aliphatic rings. The first-order valence-electron chi connectivity index (χ1n) is 7.44. The van der Waals surface area contributed by atoms with Gasteiger partial charge in [0.2, 0.25) is 0 Å². The van der Waals surface area contributed by atoms with Crippen LogP contribution in [0.3, 0.4) is 0 Å². The summed E-state index contributed by atoms with van der Waals surface area (Å²) >= 11 is 1.92. The van der Waals surface area contributed by atoms with Crippen LogP contribution in [0, 0.1) is 17.3 Å². The second-order valence-corrected chi connectivity index (χ2v) is 9.90. The average molecular weight is 280 g/mol. The van der Waals surface area contributed by atoms with Gasteiger partial charge in [-0.15, -0.1) is 17.7 Å². The SMILES string of the molecule is B/C=C\C(CC(=C)SC(C)(C)C)C(C)CC(C)(C)C. The molecular formula is C17H33BS. The van der Waals surface area contributed by atoms with Gasteiger partial charge in [0.05, 0.1) is 0 Å². The van der Waals surface area contributed by atoms with Crippen LogP contribution in [-0.4, -0.2) is 12.6 Å². The molecule has 0 aliphatic heterocycles. The predicted octanol–water partition coefficient (Wildman–Crippen LogP) is 5.26. The molecule has 0 spiro atoms. The number of hydrogen-bond donors (Lipinski definition) is 0. The molecule has 19 heavy (non-hydrogen) atoms. The van der Waals surface area contributed by atoms with Gasteiger partial charge in [0, 0.05) is 4.75 Å². The van der Waals surface area contributed by atoms with Gasteiger partial charge in [-0.1, -0.05) is 61.1 Å². The highest BCUT2D eigenvalue weighted by atomic mass is 32.2. The highest BCUT2D eigenvalue weighted by molar-refractivity contribution is 8.04. The van der Waals surface area contributed by atoms with E-state index in [1.54, 1.807) is 0 Å². The fraction of sp³-hybridized carbons (Fsp3) is 0.765. The minimum atomic E-state index is 0.269. The number of rotatable bonds is 6. The van der Waals surface area contributed by atoms with E-state index in [1.807, 2.05) is 11.8 Å². The van der Waals surface area contributed by atoms with Crippen molar-refractivity contribution in [3.05, 3.63) is 23.5 Å². The molecular weight excluding hydrogens is 247 g/mol. The lowest BCUT2D eigenvalue weighted by Gasteiger charge is -2.29. The normalized spacial score (nSPS) is 16.6. The highest BCUT2D eigenvalue weighted by Gasteiger charge is 2.23. The van der Waals surface area contributed by atoms with E-state index in [0.29, 0.717) is 17.3 Å². The lowest BCUT2D eigenvalue weighted by Crippen LogP contribution is -2.18. The van der Waals surface area contributed by atoms with E-state index >= 15 is 0 Å². The molecule has 0 bridgehead atoms. The molecule has 0 heterocycles.